The number of aryl methyl sites for hydroxylation is 1. The van der Waals surface area contributed by atoms with E-state index in [4.69, 9.17) is 5.26 Å². The molecular weight excluding hydrogens is 102 g/mol. The molecular formula is C5H5N3. The predicted octanol–water partition coefficient (Wildman–Crippen LogP) is 0.521. The summed E-state index contributed by atoms with van der Waals surface area (Å²) in [6, 6.07) is 0. The van der Waals surface area contributed by atoms with Gasteiger partial charge >= 0.3 is 0 Å². The summed E-state index contributed by atoms with van der Waals surface area (Å²) in [5.74, 6) is 0. The number of nitriles is 1. The summed E-state index contributed by atoms with van der Waals surface area (Å²) in [6.45, 7) is 1.89. The molecule has 40 valence electrons. The first-order valence-corrected chi connectivity index (χ1v) is 2.24. The second kappa shape index (κ2) is 1.66. The van der Waals surface area contributed by atoms with E-state index in [0.717, 1.165) is 5.56 Å². The van der Waals surface area contributed by atoms with Crippen molar-refractivity contribution in [1.82, 2.24) is 9.78 Å². The van der Waals surface area contributed by atoms with Gasteiger partial charge in [0.15, 0.2) is 0 Å². The molecule has 0 radical (unpaired) electrons. The zero-order valence-electron chi connectivity index (χ0n) is 4.50. The minimum Gasteiger partial charge on any atom is -0.174 e. The van der Waals surface area contributed by atoms with Crippen LogP contribution >= 0.6 is 0 Å². The van der Waals surface area contributed by atoms with Crippen LogP contribution in [-0.2, 0) is 0 Å². The summed E-state index contributed by atoms with van der Waals surface area (Å²) >= 11 is 0. The SMILES string of the molecule is Cc1cnn(C#N)c1. The van der Waals surface area contributed by atoms with E-state index in [1.165, 1.54) is 4.68 Å². The van der Waals surface area contributed by atoms with Crippen molar-refractivity contribution in [3.8, 4) is 6.19 Å². The molecule has 0 saturated heterocycles. The number of rotatable bonds is 0. The van der Waals surface area contributed by atoms with Gasteiger partial charge in [0.1, 0.15) is 0 Å². The van der Waals surface area contributed by atoms with Gasteiger partial charge < -0.3 is 0 Å². The first-order chi connectivity index (χ1) is 3.83. The predicted molar refractivity (Wildman–Crippen MR) is 28.0 cm³/mol. The summed E-state index contributed by atoms with van der Waals surface area (Å²) in [5.41, 5.74) is 1.01. The number of nitrogens with zero attached hydrogens (tertiary/aromatic N) is 3. The Morgan fingerprint density at radius 2 is 2.62 bits per heavy atom. The Morgan fingerprint density at radius 3 is 2.88 bits per heavy atom. The number of hydrogen-bond acceptors (Lipinski definition) is 2. The molecule has 1 rings (SSSR count). The first-order valence-electron chi connectivity index (χ1n) is 2.24. The lowest BCUT2D eigenvalue weighted by Crippen LogP contribution is -1.84. The molecule has 0 aromatic carbocycles. The van der Waals surface area contributed by atoms with Gasteiger partial charge in [-0.2, -0.15) is 15.0 Å². The summed E-state index contributed by atoms with van der Waals surface area (Å²) in [4.78, 5) is 0. The fourth-order valence-corrected chi connectivity index (χ4v) is 0.468. The minimum absolute atomic E-state index is 1.01. The molecule has 3 nitrogen and oxygen atoms in total. The lowest BCUT2D eigenvalue weighted by atomic mass is 10.4. The van der Waals surface area contributed by atoms with Crippen molar-refractivity contribution in [1.29, 1.82) is 5.26 Å². The Bertz CT molecular complexity index is 218. The fourth-order valence-electron chi connectivity index (χ4n) is 0.468. The second-order valence-corrected chi connectivity index (χ2v) is 1.56. The molecule has 0 aliphatic rings. The van der Waals surface area contributed by atoms with Gasteiger partial charge in [-0.3, -0.25) is 0 Å². The van der Waals surface area contributed by atoms with E-state index < -0.39 is 0 Å². The van der Waals surface area contributed by atoms with E-state index in [0.29, 0.717) is 0 Å². The van der Waals surface area contributed by atoms with Crippen molar-refractivity contribution in [2.45, 2.75) is 6.92 Å². The molecule has 0 bridgehead atoms. The molecule has 0 N–H and O–H groups in total. The quantitative estimate of drug-likeness (QED) is 0.485. The summed E-state index contributed by atoms with van der Waals surface area (Å²) in [5, 5.41) is 11.9. The van der Waals surface area contributed by atoms with E-state index in [2.05, 4.69) is 5.10 Å². The Labute approximate surface area is 47.2 Å². The second-order valence-electron chi connectivity index (χ2n) is 1.56. The summed E-state index contributed by atoms with van der Waals surface area (Å²) in [7, 11) is 0. The molecule has 0 unspecified atom stereocenters. The van der Waals surface area contributed by atoms with Crippen molar-refractivity contribution >= 4 is 0 Å². The molecule has 1 aromatic heterocycles. The third-order valence-corrected chi connectivity index (χ3v) is 0.814. The maximum absolute atomic E-state index is 8.20. The highest BCUT2D eigenvalue weighted by atomic mass is 15.3. The summed E-state index contributed by atoms with van der Waals surface area (Å²) in [6.07, 6.45) is 5.16. The Balaban J connectivity index is 3.05. The third-order valence-electron chi connectivity index (χ3n) is 0.814. The average molecular weight is 107 g/mol. The third kappa shape index (κ3) is 0.684. The number of aromatic nitrogens is 2. The fraction of sp³-hybridized carbons (Fsp3) is 0.200. The normalized spacial score (nSPS) is 8.50. The molecule has 0 fully saturated rings. The molecule has 0 atom stereocenters. The molecule has 0 aliphatic heterocycles. The Kier molecular flexibility index (Phi) is 1.01. The molecule has 1 aromatic rings. The van der Waals surface area contributed by atoms with E-state index >= 15 is 0 Å². The van der Waals surface area contributed by atoms with Crippen molar-refractivity contribution in [2.75, 3.05) is 0 Å². The van der Waals surface area contributed by atoms with Crippen molar-refractivity contribution in [2.24, 2.45) is 0 Å². The summed E-state index contributed by atoms with van der Waals surface area (Å²) < 4.78 is 1.22. The standard InChI is InChI=1S/C5H5N3/c1-5-2-7-8(3-5)4-6/h2-3H,1H3. The van der Waals surface area contributed by atoms with Crippen LogP contribution in [0, 0.1) is 18.4 Å². The molecule has 0 spiro atoms. The zero-order chi connectivity index (χ0) is 5.98. The van der Waals surface area contributed by atoms with Crippen LogP contribution in [0.2, 0.25) is 0 Å². The Morgan fingerprint density at radius 1 is 1.88 bits per heavy atom. The van der Waals surface area contributed by atoms with Crippen molar-refractivity contribution < 1.29 is 0 Å². The highest BCUT2D eigenvalue weighted by Gasteiger charge is 1.86. The van der Waals surface area contributed by atoms with Gasteiger partial charge in [0.2, 0.25) is 6.19 Å². The van der Waals surface area contributed by atoms with Crippen LogP contribution in [0.1, 0.15) is 5.56 Å². The van der Waals surface area contributed by atoms with Crippen LogP contribution < -0.4 is 0 Å². The van der Waals surface area contributed by atoms with Crippen LogP contribution in [0.4, 0.5) is 0 Å². The van der Waals surface area contributed by atoms with Crippen LogP contribution in [0.5, 0.6) is 0 Å². The molecule has 3 heteroatoms. The highest BCUT2D eigenvalue weighted by Crippen LogP contribution is 1.89. The molecule has 8 heavy (non-hydrogen) atoms. The average Bonchev–Trinajstić information content (AvgIpc) is 2.14. The van der Waals surface area contributed by atoms with Crippen LogP contribution in [0.15, 0.2) is 12.4 Å². The Hall–Kier alpha value is -1.30. The topological polar surface area (TPSA) is 41.6 Å². The van der Waals surface area contributed by atoms with Gasteiger partial charge in [-0.15, -0.1) is 0 Å². The monoisotopic (exact) mass is 107 g/mol. The molecule has 0 saturated carbocycles. The van der Waals surface area contributed by atoms with Gasteiger partial charge in [0.05, 0.1) is 6.20 Å². The smallest absolute Gasteiger partial charge is 0.174 e. The lowest BCUT2D eigenvalue weighted by molar-refractivity contribution is 0.897. The largest absolute Gasteiger partial charge is 0.206 e. The molecule has 0 amide bonds. The van der Waals surface area contributed by atoms with Crippen molar-refractivity contribution in [3.63, 3.8) is 0 Å². The first kappa shape index (κ1) is 4.85. The molecule has 1 heterocycles. The van der Waals surface area contributed by atoms with Gasteiger partial charge in [-0.05, 0) is 12.5 Å². The van der Waals surface area contributed by atoms with E-state index in [9.17, 15) is 0 Å². The maximum atomic E-state index is 8.20. The number of hydrogen-bond donors (Lipinski definition) is 0. The molecule has 0 aliphatic carbocycles. The van der Waals surface area contributed by atoms with Gasteiger partial charge in [-0.1, -0.05) is 0 Å². The van der Waals surface area contributed by atoms with E-state index in [1.54, 1.807) is 12.4 Å². The van der Waals surface area contributed by atoms with Gasteiger partial charge in [0, 0.05) is 6.20 Å². The minimum atomic E-state index is 1.01. The maximum Gasteiger partial charge on any atom is 0.206 e. The van der Waals surface area contributed by atoms with Crippen molar-refractivity contribution in [3.05, 3.63) is 18.0 Å². The van der Waals surface area contributed by atoms with Crippen LogP contribution in [0.25, 0.3) is 0 Å². The van der Waals surface area contributed by atoms with E-state index in [1.807, 2.05) is 13.1 Å². The van der Waals surface area contributed by atoms with Crippen LogP contribution in [-0.4, -0.2) is 9.78 Å². The van der Waals surface area contributed by atoms with E-state index in [-0.39, 0.29) is 0 Å². The van der Waals surface area contributed by atoms with Gasteiger partial charge in [-0.25, -0.2) is 0 Å². The lowest BCUT2D eigenvalue weighted by Gasteiger charge is -1.74. The zero-order valence-corrected chi connectivity index (χ0v) is 4.50. The highest BCUT2D eigenvalue weighted by molar-refractivity contribution is 5.02. The van der Waals surface area contributed by atoms with Crippen LogP contribution in [0.3, 0.4) is 0 Å². The van der Waals surface area contributed by atoms with Gasteiger partial charge in [0.25, 0.3) is 0 Å².